The molecule has 1 aliphatic rings. The Labute approximate surface area is 200 Å². The predicted octanol–water partition coefficient (Wildman–Crippen LogP) is -2.02. The minimum absolute atomic E-state index is 0.0833. The van der Waals surface area contributed by atoms with Gasteiger partial charge in [-0.15, -0.1) is 0 Å². The number of hydrogen-bond donors (Lipinski definition) is 6. The van der Waals surface area contributed by atoms with E-state index in [1.54, 1.807) is 24.3 Å². The maximum absolute atomic E-state index is 12.6. The van der Waals surface area contributed by atoms with Crippen LogP contribution in [0.1, 0.15) is 6.23 Å². The van der Waals surface area contributed by atoms with Crippen molar-refractivity contribution in [3.8, 4) is 0 Å². The normalized spacial score (nSPS) is 23.9. The van der Waals surface area contributed by atoms with Gasteiger partial charge >= 0.3 is 5.65 Å². The fourth-order valence-corrected chi connectivity index (χ4v) is 4.09. The van der Waals surface area contributed by atoms with E-state index in [1.807, 2.05) is 0 Å². The van der Waals surface area contributed by atoms with Crippen molar-refractivity contribution in [1.29, 1.82) is 0 Å². The van der Waals surface area contributed by atoms with E-state index in [1.165, 1.54) is 15.5 Å². The number of nitrogens with two attached hydrogens (primary N) is 1. The Hall–Kier alpha value is -2.88. The number of aromatic amines is 1. The summed E-state index contributed by atoms with van der Waals surface area (Å²) in [6, 6.07) is 6.34. The fourth-order valence-electron chi connectivity index (χ4n) is 3.63. The Balaban J connectivity index is 1.65. The lowest BCUT2D eigenvalue weighted by molar-refractivity contribution is -0.745. The first-order valence-electron chi connectivity index (χ1n) is 9.98. The Morgan fingerprint density at radius 2 is 2.06 bits per heavy atom. The van der Waals surface area contributed by atoms with E-state index in [2.05, 4.69) is 19.8 Å². The number of rotatable bonds is 7. The molecule has 35 heavy (non-hydrogen) atoms. The van der Waals surface area contributed by atoms with E-state index in [-0.39, 0.29) is 23.7 Å². The van der Waals surface area contributed by atoms with Crippen LogP contribution >= 0.6 is 19.4 Å². The zero-order chi connectivity index (χ0) is 25.5. The highest BCUT2D eigenvalue weighted by Gasteiger charge is 2.47. The van der Waals surface area contributed by atoms with Crippen molar-refractivity contribution in [2.24, 2.45) is 0 Å². The van der Waals surface area contributed by atoms with Crippen LogP contribution in [0, 0.1) is 0 Å². The number of nitrogens with one attached hydrogen (secondary N) is 2. The van der Waals surface area contributed by atoms with Crippen molar-refractivity contribution in [3.63, 3.8) is 0 Å². The highest BCUT2D eigenvalue weighted by molar-refractivity contribution is 7.44. The Kier molecular flexibility index (Phi) is 6.95. The number of nitrogens with zero attached hydrogens (tertiary/aromatic N) is 3. The van der Waals surface area contributed by atoms with Gasteiger partial charge in [0.2, 0.25) is 11.7 Å². The van der Waals surface area contributed by atoms with E-state index >= 15 is 0 Å². The molecule has 1 saturated heterocycles. The number of H-pyrrole nitrogens is 1. The summed E-state index contributed by atoms with van der Waals surface area (Å²) < 4.78 is 23.1. The summed E-state index contributed by atoms with van der Waals surface area (Å²) in [6.45, 7) is -1.15. The standard InChI is InChI=1S/C18H20ClN6O9P/c19-8-1-3-9(4-2-8)21-11(26)5-24-7-25(15-12(24)16(29)23-18(20)22-15)17-14(28)13(27)10(34-17)6-33-35(30,31)32/h1-4,7,10,13-14,17,27-28H,5-6H2,(H5-,20,21,22,23,26,29,30,31,32)/t10-,13-,14-,17-/m1/s1. The second-order valence-corrected chi connectivity index (χ2v) is 9.27. The predicted molar refractivity (Wildman–Crippen MR) is 117 cm³/mol. The summed E-state index contributed by atoms with van der Waals surface area (Å²) in [7, 11) is -5.11. The number of phosphoric acid groups is 1. The number of imidazole rings is 1. The molecule has 17 heteroatoms. The van der Waals surface area contributed by atoms with Crippen LogP contribution in [0.2, 0.25) is 5.02 Å². The molecule has 1 amide bonds. The summed E-state index contributed by atoms with van der Waals surface area (Å²) in [5, 5.41) is 23.9. The topological polar surface area (TPSA) is 229 Å². The molecule has 0 aliphatic carbocycles. The second kappa shape index (κ2) is 9.64. The summed E-state index contributed by atoms with van der Waals surface area (Å²) in [5.74, 6) is -0.777. The molecule has 0 saturated carbocycles. The number of anilines is 2. The van der Waals surface area contributed by atoms with Gasteiger partial charge in [-0.2, -0.15) is 0 Å². The second-order valence-electron chi connectivity index (χ2n) is 7.64. The first-order chi connectivity index (χ1) is 16.4. The third-order valence-electron chi connectivity index (χ3n) is 5.15. The number of aliphatic hydroxyl groups excluding tert-OH is 2. The SMILES string of the molecule is Nc1nc2c(c(=O)[nH]1)n(CC(=O)Nc1ccc(Cl)cc1)c[n+]2[C@@H]1O[C@H](COP(=O)([O-])O)[C@@H](O)[C@H]1O. The number of ether oxygens (including phenoxy) is 1. The van der Waals surface area contributed by atoms with Gasteiger partial charge < -0.3 is 40.3 Å². The lowest BCUT2D eigenvalue weighted by Gasteiger charge is -2.19. The van der Waals surface area contributed by atoms with Gasteiger partial charge in [0.05, 0.1) is 6.61 Å². The average Bonchev–Trinajstić information content (AvgIpc) is 3.25. The minimum Gasteiger partial charge on any atom is -0.756 e. The van der Waals surface area contributed by atoms with Crippen molar-refractivity contribution in [2.75, 3.05) is 17.7 Å². The smallest absolute Gasteiger partial charge is 0.313 e. The van der Waals surface area contributed by atoms with Crippen LogP contribution in [-0.4, -0.2) is 60.5 Å². The molecular weight excluding hydrogens is 511 g/mol. The molecular formula is C18H20ClN6O9P. The molecule has 3 aromatic rings. The number of aliphatic hydroxyl groups is 2. The highest BCUT2D eigenvalue weighted by atomic mass is 35.5. The number of carbonyl (C=O) groups excluding carboxylic acids is 1. The number of halogens is 1. The van der Waals surface area contributed by atoms with Crippen molar-refractivity contribution in [3.05, 3.63) is 46.0 Å². The van der Waals surface area contributed by atoms with Crippen LogP contribution in [0.5, 0.6) is 0 Å². The van der Waals surface area contributed by atoms with Gasteiger partial charge in [0, 0.05) is 10.7 Å². The van der Waals surface area contributed by atoms with Crippen molar-refractivity contribution < 1.29 is 43.2 Å². The molecule has 1 fully saturated rings. The molecule has 7 N–H and O–H groups in total. The van der Waals surface area contributed by atoms with Gasteiger partial charge in [0.1, 0.15) is 24.9 Å². The number of amides is 1. The average molecular weight is 531 g/mol. The number of benzene rings is 1. The minimum atomic E-state index is -5.11. The van der Waals surface area contributed by atoms with Gasteiger partial charge in [-0.05, 0) is 24.3 Å². The molecule has 0 bridgehead atoms. The van der Waals surface area contributed by atoms with E-state index in [0.29, 0.717) is 10.7 Å². The third kappa shape index (κ3) is 5.52. The number of hydrogen-bond acceptors (Lipinski definition) is 10. The quantitative estimate of drug-likeness (QED) is 0.144. The Morgan fingerprint density at radius 1 is 1.37 bits per heavy atom. The number of phosphoric ester groups is 1. The largest absolute Gasteiger partial charge is 0.756 e. The first kappa shape index (κ1) is 25.2. The molecule has 4 rings (SSSR count). The Bertz CT molecular complexity index is 1360. The monoisotopic (exact) mass is 530 g/mol. The van der Waals surface area contributed by atoms with Gasteiger partial charge in [0.15, 0.2) is 6.33 Å². The maximum Gasteiger partial charge on any atom is 0.313 e. The highest BCUT2D eigenvalue weighted by Crippen LogP contribution is 2.34. The molecule has 0 spiro atoms. The molecule has 15 nitrogen and oxygen atoms in total. The van der Waals surface area contributed by atoms with E-state index in [4.69, 9.17) is 27.0 Å². The fraction of sp³-hybridized carbons (Fsp3) is 0.333. The van der Waals surface area contributed by atoms with Crippen LogP contribution in [0.3, 0.4) is 0 Å². The van der Waals surface area contributed by atoms with Gasteiger partial charge in [-0.1, -0.05) is 16.6 Å². The summed E-state index contributed by atoms with van der Waals surface area (Å²) >= 11 is 5.84. The molecule has 2 aromatic heterocycles. The third-order valence-corrected chi connectivity index (χ3v) is 5.87. The van der Waals surface area contributed by atoms with Crippen molar-refractivity contribution >= 4 is 48.1 Å². The number of fused-ring (bicyclic) bond motifs is 1. The van der Waals surface area contributed by atoms with Crippen LogP contribution in [-0.2, 0) is 25.2 Å². The van der Waals surface area contributed by atoms with Gasteiger partial charge in [-0.3, -0.25) is 19.1 Å². The van der Waals surface area contributed by atoms with Crippen molar-refractivity contribution in [1.82, 2.24) is 14.5 Å². The van der Waals surface area contributed by atoms with Crippen LogP contribution in [0.25, 0.3) is 11.2 Å². The molecule has 5 atom stereocenters. The van der Waals surface area contributed by atoms with Gasteiger partial charge in [-0.25, -0.2) is 9.13 Å². The van der Waals surface area contributed by atoms with Crippen molar-refractivity contribution in [2.45, 2.75) is 31.1 Å². The molecule has 3 heterocycles. The van der Waals surface area contributed by atoms with E-state index in [9.17, 15) is 29.3 Å². The summed E-state index contributed by atoms with van der Waals surface area (Å²) in [5.41, 5.74) is 5.25. The van der Waals surface area contributed by atoms with Gasteiger partial charge in [0.25, 0.3) is 25.2 Å². The first-order valence-corrected chi connectivity index (χ1v) is 11.9. The number of carbonyl (C=O) groups is 1. The molecule has 0 radical (unpaired) electrons. The zero-order valence-corrected chi connectivity index (χ0v) is 19.3. The molecule has 1 unspecified atom stereocenters. The Morgan fingerprint density at radius 3 is 2.71 bits per heavy atom. The summed E-state index contributed by atoms with van der Waals surface area (Å²) in [4.78, 5) is 51.3. The van der Waals surface area contributed by atoms with Crippen LogP contribution in [0.15, 0.2) is 35.4 Å². The summed E-state index contributed by atoms with van der Waals surface area (Å²) in [6.07, 6.45) is -4.72. The molecule has 1 aromatic carbocycles. The maximum atomic E-state index is 12.6. The lowest BCUT2D eigenvalue weighted by atomic mass is 10.1. The van der Waals surface area contributed by atoms with E-state index in [0.717, 1.165) is 0 Å². The van der Waals surface area contributed by atoms with Crippen LogP contribution in [0.4, 0.5) is 11.6 Å². The number of aromatic nitrogens is 4. The van der Waals surface area contributed by atoms with Crippen LogP contribution < -0.4 is 26.1 Å². The number of nitrogen functional groups attached to an aromatic ring is 1. The molecule has 188 valence electrons. The lowest BCUT2D eigenvalue weighted by Crippen LogP contribution is -2.46. The molecule has 1 aliphatic heterocycles. The zero-order valence-electron chi connectivity index (χ0n) is 17.6. The van der Waals surface area contributed by atoms with E-state index < -0.39 is 50.4 Å².